The number of rotatable bonds is 9. The van der Waals surface area contributed by atoms with Gasteiger partial charge in [0.1, 0.15) is 5.75 Å². The number of likely N-dealkylation sites (tertiary alicyclic amines) is 1. The Labute approximate surface area is 240 Å². The second-order valence-corrected chi connectivity index (χ2v) is 10.8. The van der Waals surface area contributed by atoms with Gasteiger partial charge in [0.2, 0.25) is 17.8 Å². The van der Waals surface area contributed by atoms with Gasteiger partial charge in [-0.2, -0.15) is 0 Å². The summed E-state index contributed by atoms with van der Waals surface area (Å²) in [4.78, 5) is 44.5. The molecule has 2 aromatic heterocycles. The van der Waals surface area contributed by atoms with E-state index in [9.17, 15) is 9.59 Å². The molecule has 0 bridgehead atoms. The summed E-state index contributed by atoms with van der Waals surface area (Å²) in [6.45, 7) is 5.47. The number of nitrogens with zero attached hydrogens (tertiary/aromatic N) is 6. The predicted octanol–water partition coefficient (Wildman–Crippen LogP) is 3.39. The second kappa shape index (κ2) is 12.1. The van der Waals surface area contributed by atoms with Crippen molar-refractivity contribution in [3.8, 4) is 17.1 Å². The van der Waals surface area contributed by atoms with E-state index in [-0.39, 0.29) is 11.8 Å². The molecular formula is C31H35N7O3. The molecule has 0 saturated carbocycles. The topological polar surface area (TPSA) is 104 Å². The zero-order valence-electron chi connectivity index (χ0n) is 23.4. The Morgan fingerprint density at radius 2 is 1.85 bits per heavy atom. The number of hydrogen-bond acceptors (Lipinski definition) is 8. The maximum absolute atomic E-state index is 13.1. The van der Waals surface area contributed by atoms with Crippen LogP contribution < -0.4 is 10.1 Å². The third-order valence-corrected chi connectivity index (χ3v) is 7.84. The number of carbonyl (C=O) groups excluding carboxylic acids is 2. The number of hydrogen-bond donors (Lipinski definition) is 1. The van der Waals surface area contributed by atoms with E-state index in [1.807, 2.05) is 46.2 Å². The Morgan fingerprint density at radius 1 is 1.00 bits per heavy atom. The lowest BCUT2D eigenvalue weighted by Crippen LogP contribution is -2.47. The fourth-order valence-electron chi connectivity index (χ4n) is 5.48. The third kappa shape index (κ3) is 6.38. The first kappa shape index (κ1) is 26.9. The number of carbonyl (C=O) groups is 2. The van der Waals surface area contributed by atoms with E-state index in [2.05, 4.69) is 38.3 Å². The number of likely N-dealkylation sites (N-methyl/N-ethyl adjacent to an activating group) is 1. The van der Waals surface area contributed by atoms with Gasteiger partial charge in [-0.15, -0.1) is 0 Å². The Morgan fingerprint density at radius 3 is 2.68 bits per heavy atom. The molecule has 0 unspecified atom stereocenters. The normalized spacial score (nSPS) is 17.0. The Hall–Kier alpha value is -4.31. The molecule has 0 radical (unpaired) electrons. The standard InChI is InChI=1S/C31H35N7O3/c1-36-13-15-38(16-14-36)30(40)24-18-22-5-6-25(20-23(22)19-24)34-31-33-10-8-27(35-31)28-21-26(7-9-32-28)41-17-3-12-37-11-2-4-29(37)39/h5-10,19-21H,2-4,11-18H2,1H3,(H,33,34,35). The molecule has 0 atom stereocenters. The molecule has 2 aliphatic heterocycles. The van der Waals surface area contributed by atoms with E-state index in [1.165, 1.54) is 0 Å². The highest BCUT2D eigenvalue weighted by atomic mass is 16.5. The fourth-order valence-corrected chi connectivity index (χ4v) is 5.48. The highest BCUT2D eigenvalue weighted by Gasteiger charge is 2.25. The van der Waals surface area contributed by atoms with Crippen LogP contribution >= 0.6 is 0 Å². The molecular weight excluding hydrogens is 518 g/mol. The molecule has 0 spiro atoms. The van der Waals surface area contributed by atoms with Crippen molar-refractivity contribution in [3.63, 3.8) is 0 Å². The molecule has 1 aliphatic carbocycles. The fraction of sp³-hybridized carbons (Fsp3) is 0.387. The van der Waals surface area contributed by atoms with Crippen LogP contribution in [0, 0.1) is 0 Å². The summed E-state index contributed by atoms with van der Waals surface area (Å²) >= 11 is 0. The van der Waals surface area contributed by atoms with Crippen LogP contribution in [0.25, 0.3) is 17.5 Å². The van der Waals surface area contributed by atoms with Crippen molar-refractivity contribution in [2.45, 2.75) is 25.7 Å². The molecule has 3 aliphatic rings. The van der Waals surface area contributed by atoms with Gasteiger partial charge in [-0.3, -0.25) is 14.6 Å². The van der Waals surface area contributed by atoms with Crippen molar-refractivity contribution in [1.82, 2.24) is 29.7 Å². The largest absolute Gasteiger partial charge is 0.493 e. The van der Waals surface area contributed by atoms with Crippen LogP contribution in [-0.4, -0.2) is 94.4 Å². The minimum atomic E-state index is 0.139. The maximum atomic E-state index is 13.1. The summed E-state index contributed by atoms with van der Waals surface area (Å²) in [6, 6.07) is 11.6. The lowest BCUT2D eigenvalue weighted by atomic mass is 10.1. The van der Waals surface area contributed by atoms with Gasteiger partial charge in [-0.25, -0.2) is 9.97 Å². The van der Waals surface area contributed by atoms with Crippen molar-refractivity contribution in [2.24, 2.45) is 0 Å². The van der Waals surface area contributed by atoms with Gasteiger partial charge < -0.3 is 24.8 Å². The molecule has 4 heterocycles. The maximum Gasteiger partial charge on any atom is 0.250 e. The summed E-state index contributed by atoms with van der Waals surface area (Å²) in [5.74, 6) is 1.55. The summed E-state index contributed by atoms with van der Waals surface area (Å²) in [7, 11) is 2.09. The lowest BCUT2D eigenvalue weighted by Gasteiger charge is -2.32. The quantitative estimate of drug-likeness (QED) is 0.402. The van der Waals surface area contributed by atoms with Gasteiger partial charge >= 0.3 is 0 Å². The minimum Gasteiger partial charge on any atom is -0.493 e. The third-order valence-electron chi connectivity index (χ3n) is 7.84. The van der Waals surface area contributed by atoms with E-state index in [0.29, 0.717) is 42.5 Å². The van der Waals surface area contributed by atoms with Crippen LogP contribution in [0.5, 0.6) is 5.75 Å². The van der Waals surface area contributed by atoms with Crippen LogP contribution in [0.1, 0.15) is 30.4 Å². The number of aromatic nitrogens is 3. The van der Waals surface area contributed by atoms with Crippen LogP contribution in [0.2, 0.25) is 0 Å². The van der Waals surface area contributed by atoms with Crippen LogP contribution in [0.15, 0.2) is 54.4 Å². The Bertz CT molecular complexity index is 1470. The molecule has 2 fully saturated rings. The number of piperazine rings is 1. The molecule has 1 N–H and O–H groups in total. The van der Waals surface area contributed by atoms with Gasteiger partial charge in [0.15, 0.2) is 0 Å². The number of anilines is 2. The number of pyridine rings is 1. The number of amides is 2. The molecule has 1 aromatic carbocycles. The molecule has 10 nitrogen and oxygen atoms in total. The van der Waals surface area contributed by atoms with Crippen molar-refractivity contribution >= 4 is 29.5 Å². The van der Waals surface area contributed by atoms with Crippen LogP contribution in [0.3, 0.4) is 0 Å². The van der Waals surface area contributed by atoms with E-state index in [1.54, 1.807) is 12.4 Å². The van der Waals surface area contributed by atoms with E-state index in [4.69, 9.17) is 4.74 Å². The molecule has 3 aromatic rings. The van der Waals surface area contributed by atoms with Gasteiger partial charge in [-0.1, -0.05) is 6.07 Å². The zero-order valence-corrected chi connectivity index (χ0v) is 23.4. The average Bonchev–Trinajstić information content (AvgIpc) is 3.61. The molecule has 2 amide bonds. The highest BCUT2D eigenvalue weighted by Crippen LogP contribution is 2.30. The SMILES string of the molecule is CN1CCN(C(=O)C2=Cc3cc(Nc4nccc(-c5cc(OCCCN6CCCC6=O)ccn5)n4)ccc3C2)CC1. The Kier molecular flexibility index (Phi) is 7.91. The first-order valence-corrected chi connectivity index (χ1v) is 14.3. The van der Waals surface area contributed by atoms with Gasteiger partial charge in [-0.05, 0) is 61.4 Å². The molecule has 41 heavy (non-hydrogen) atoms. The van der Waals surface area contributed by atoms with E-state index in [0.717, 1.165) is 74.5 Å². The van der Waals surface area contributed by atoms with Crippen LogP contribution in [0.4, 0.5) is 11.6 Å². The Balaban J connectivity index is 1.08. The number of ether oxygens (including phenoxy) is 1. The predicted molar refractivity (Wildman–Crippen MR) is 157 cm³/mol. The molecule has 2 saturated heterocycles. The zero-order chi connectivity index (χ0) is 28.2. The number of fused-ring (bicyclic) bond motifs is 1. The number of benzene rings is 1. The number of nitrogens with one attached hydrogen (secondary N) is 1. The van der Waals surface area contributed by atoms with E-state index >= 15 is 0 Å². The van der Waals surface area contributed by atoms with Crippen molar-refractivity contribution < 1.29 is 14.3 Å². The van der Waals surface area contributed by atoms with Crippen molar-refractivity contribution in [3.05, 3.63) is 65.5 Å². The van der Waals surface area contributed by atoms with Crippen LogP contribution in [-0.2, 0) is 16.0 Å². The average molecular weight is 554 g/mol. The summed E-state index contributed by atoms with van der Waals surface area (Å²) in [6.07, 6.45) is 8.47. The van der Waals surface area contributed by atoms with Gasteiger partial charge in [0, 0.05) is 81.8 Å². The molecule has 10 heteroatoms. The monoisotopic (exact) mass is 553 g/mol. The van der Waals surface area contributed by atoms with Gasteiger partial charge in [0.25, 0.3) is 0 Å². The van der Waals surface area contributed by atoms with Crippen molar-refractivity contribution in [2.75, 3.05) is 58.2 Å². The van der Waals surface area contributed by atoms with Crippen molar-refractivity contribution in [1.29, 1.82) is 0 Å². The summed E-state index contributed by atoms with van der Waals surface area (Å²) in [5, 5.41) is 3.30. The lowest BCUT2D eigenvalue weighted by molar-refractivity contribution is -0.129. The summed E-state index contributed by atoms with van der Waals surface area (Å²) in [5.41, 5.74) is 5.26. The first-order chi connectivity index (χ1) is 20.0. The molecule has 212 valence electrons. The second-order valence-electron chi connectivity index (χ2n) is 10.8. The highest BCUT2D eigenvalue weighted by molar-refractivity contribution is 6.00. The first-order valence-electron chi connectivity index (χ1n) is 14.3. The molecule has 6 rings (SSSR count). The van der Waals surface area contributed by atoms with E-state index < -0.39 is 0 Å². The smallest absolute Gasteiger partial charge is 0.250 e. The summed E-state index contributed by atoms with van der Waals surface area (Å²) < 4.78 is 5.93. The van der Waals surface area contributed by atoms with Gasteiger partial charge in [0.05, 0.1) is 18.0 Å². The minimum absolute atomic E-state index is 0.139.